The number of hydrogen-bond acceptors (Lipinski definition) is 2. The molecule has 0 aliphatic carbocycles. The fourth-order valence-electron chi connectivity index (χ4n) is 2.89. The number of amides is 1. The van der Waals surface area contributed by atoms with Gasteiger partial charge in [0.2, 0.25) is 5.91 Å². The van der Waals surface area contributed by atoms with Gasteiger partial charge in [0.1, 0.15) is 6.17 Å². The predicted molar refractivity (Wildman–Crippen MR) is 86.9 cm³/mol. The summed E-state index contributed by atoms with van der Waals surface area (Å²) in [4.78, 5) is 14.9. The van der Waals surface area contributed by atoms with Crippen molar-refractivity contribution in [3.8, 4) is 0 Å². The first-order valence-electron chi connectivity index (χ1n) is 8.06. The molecule has 3 heteroatoms. The third-order valence-corrected chi connectivity index (χ3v) is 4.77. The van der Waals surface area contributed by atoms with Crippen molar-refractivity contribution >= 4 is 5.91 Å². The summed E-state index contributed by atoms with van der Waals surface area (Å²) in [6.45, 7) is 11.4. The minimum Gasteiger partial charge on any atom is -0.321 e. The zero-order chi connectivity index (χ0) is 15.6. The van der Waals surface area contributed by atoms with Crippen LogP contribution < -0.4 is 5.32 Å². The Balaban J connectivity index is 2.34. The molecular weight excluding hydrogens is 260 g/mol. The van der Waals surface area contributed by atoms with Gasteiger partial charge in [-0.15, -0.1) is 0 Å². The van der Waals surface area contributed by atoms with Crippen molar-refractivity contribution in [3.05, 3.63) is 35.4 Å². The van der Waals surface area contributed by atoms with E-state index in [1.807, 2.05) is 11.8 Å². The maximum atomic E-state index is 12.8. The van der Waals surface area contributed by atoms with Crippen LogP contribution in [0.15, 0.2) is 24.3 Å². The number of carbonyl (C=O) groups excluding carboxylic acids is 1. The first-order valence-corrected chi connectivity index (χ1v) is 8.06. The lowest BCUT2D eigenvalue weighted by molar-refractivity contribution is -0.133. The average molecular weight is 288 g/mol. The largest absolute Gasteiger partial charge is 0.321 e. The molecule has 3 unspecified atom stereocenters. The zero-order valence-corrected chi connectivity index (χ0v) is 13.9. The second kappa shape index (κ2) is 6.18. The molecule has 0 bridgehead atoms. The standard InChI is InChI=1S/C18H28N2O/c1-6-13(3)12-20-16(15-10-8-9-14(4)11-15)19-18(5,7-2)17(20)21/h8-11,13,16,19H,6-7,12H2,1-5H3. The number of rotatable bonds is 5. The molecular formula is C18H28N2O. The van der Waals surface area contributed by atoms with Gasteiger partial charge in [-0.05, 0) is 31.7 Å². The second-order valence-electron chi connectivity index (χ2n) is 6.62. The fourth-order valence-corrected chi connectivity index (χ4v) is 2.89. The van der Waals surface area contributed by atoms with E-state index in [4.69, 9.17) is 0 Å². The Morgan fingerprint density at radius 2 is 2.10 bits per heavy atom. The lowest BCUT2D eigenvalue weighted by atomic mass is 9.99. The molecule has 1 amide bonds. The Morgan fingerprint density at radius 1 is 1.38 bits per heavy atom. The topological polar surface area (TPSA) is 32.3 Å². The summed E-state index contributed by atoms with van der Waals surface area (Å²) in [5.41, 5.74) is 1.97. The number of hydrogen-bond donors (Lipinski definition) is 1. The van der Waals surface area contributed by atoms with Crippen molar-refractivity contribution in [2.24, 2.45) is 5.92 Å². The third-order valence-electron chi connectivity index (χ3n) is 4.77. The monoisotopic (exact) mass is 288 g/mol. The van der Waals surface area contributed by atoms with Crippen LogP contribution in [0.25, 0.3) is 0 Å². The predicted octanol–water partition coefficient (Wildman–Crippen LogP) is 3.64. The summed E-state index contributed by atoms with van der Waals surface area (Å²) in [5.74, 6) is 0.749. The van der Waals surface area contributed by atoms with E-state index in [2.05, 4.69) is 57.3 Å². The van der Waals surface area contributed by atoms with E-state index in [1.165, 1.54) is 11.1 Å². The minimum atomic E-state index is -0.443. The number of benzene rings is 1. The minimum absolute atomic E-state index is 0.00338. The molecule has 116 valence electrons. The maximum Gasteiger partial charge on any atom is 0.244 e. The lowest BCUT2D eigenvalue weighted by Gasteiger charge is -2.27. The molecule has 0 spiro atoms. The quantitative estimate of drug-likeness (QED) is 0.897. The van der Waals surface area contributed by atoms with Crippen LogP contribution >= 0.6 is 0 Å². The van der Waals surface area contributed by atoms with Gasteiger partial charge in [0.25, 0.3) is 0 Å². The highest BCUT2D eigenvalue weighted by molar-refractivity contribution is 5.88. The Kier molecular flexibility index (Phi) is 4.72. The molecule has 1 saturated heterocycles. The van der Waals surface area contributed by atoms with Gasteiger partial charge in [0.15, 0.2) is 0 Å². The van der Waals surface area contributed by atoms with Gasteiger partial charge in [-0.25, -0.2) is 0 Å². The first-order chi connectivity index (χ1) is 9.91. The van der Waals surface area contributed by atoms with Crippen LogP contribution in [-0.2, 0) is 4.79 Å². The Morgan fingerprint density at radius 3 is 2.67 bits per heavy atom. The molecule has 1 aromatic rings. The van der Waals surface area contributed by atoms with E-state index < -0.39 is 5.54 Å². The Bertz CT molecular complexity index is 514. The normalized spacial score (nSPS) is 27.2. The van der Waals surface area contributed by atoms with Gasteiger partial charge >= 0.3 is 0 Å². The van der Waals surface area contributed by atoms with Crippen LogP contribution in [0.4, 0.5) is 0 Å². The molecule has 1 N–H and O–H groups in total. The van der Waals surface area contributed by atoms with Gasteiger partial charge in [0.05, 0.1) is 5.54 Å². The number of aryl methyl sites for hydroxylation is 1. The summed E-state index contributed by atoms with van der Waals surface area (Å²) >= 11 is 0. The number of nitrogens with one attached hydrogen (secondary N) is 1. The van der Waals surface area contributed by atoms with Crippen molar-refractivity contribution in [2.75, 3.05) is 6.54 Å². The second-order valence-corrected chi connectivity index (χ2v) is 6.62. The maximum absolute atomic E-state index is 12.8. The van der Waals surface area contributed by atoms with Crippen molar-refractivity contribution < 1.29 is 4.79 Å². The van der Waals surface area contributed by atoms with Crippen LogP contribution in [0, 0.1) is 12.8 Å². The van der Waals surface area contributed by atoms with E-state index >= 15 is 0 Å². The third kappa shape index (κ3) is 3.13. The van der Waals surface area contributed by atoms with E-state index in [9.17, 15) is 4.79 Å². The molecule has 1 aliphatic heterocycles. The van der Waals surface area contributed by atoms with Gasteiger partial charge in [-0.3, -0.25) is 10.1 Å². The summed E-state index contributed by atoms with van der Waals surface area (Å²) in [5, 5.41) is 3.57. The fraction of sp³-hybridized carbons (Fsp3) is 0.611. The Labute approximate surface area is 128 Å². The van der Waals surface area contributed by atoms with Gasteiger partial charge in [0, 0.05) is 6.54 Å². The molecule has 1 aromatic carbocycles. The first kappa shape index (κ1) is 16.0. The van der Waals surface area contributed by atoms with E-state index in [0.29, 0.717) is 5.92 Å². The molecule has 0 radical (unpaired) electrons. The summed E-state index contributed by atoms with van der Waals surface area (Å²) < 4.78 is 0. The van der Waals surface area contributed by atoms with Crippen LogP contribution in [0.3, 0.4) is 0 Å². The van der Waals surface area contributed by atoms with Crippen LogP contribution in [0.2, 0.25) is 0 Å². The number of carbonyl (C=O) groups is 1. The Hall–Kier alpha value is -1.35. The molecule has 1 heterocycles. The van der Waals surface area contributed by atoms with E-state index in [1.54, 1.807) is 0 Å². The van der Waals surface area contributed by atoms with Crippen molar-refractivity contribution in [2.45, 2.75) is 59.2 Å². The van der Waals surface area contributed by atoms with E-state index in [0.717, 1.165) is 19.4 Å². The van der Waals surface area contributed by atoms with E-state index in [-0.39, 0.29) is 12.1 Å². The molecule has 0 saturated carbocycles. The van der Waals surface area contributed by atoms with Gasteiger partial charge < -0.3 is 4.90 Å². The van der Waals surface area contributed by atoms with Gasteiger partial charge in [-0.1, -0.05) is 57.0 Å². The summed E-state index contributed by atoms with van der Waals surface area (Å²) in [6.07, 6.45) is 1.90. The zero-order valence-electron chi connectivity index (χ0n) is 13.9. The summed E-state index contributed by atoms with van der Waals surface area (Å²) in [6, 6.07) is 8.46. The van der Waals surface area contributed by atoms with Crippen LogP contribution in [-0.4, -0.2) is 22.9 Å². The highest BCUT2D eigenvalue weighted by Crippen LogP contribution is 2.33. The smallest absolute Gasteiger partial charge is 0.244 e. The highest BCUT2D eigenvalue weighted by Gasteiger charge is 2.47. The molecule has 21 heavy (non-hydrogen) atoms. The molecule has 3 nitrogen and oxygen atoms in total. The van der Waals surface area contributed by atoms with Gasteiger partial charge in [-0.2, -0.15) is 0 Å². The lowest BCUT2D eigenvalue weighted by Crippen LogP contribution is -2.43. The van der Waals surface area contributed by atoms with Crippen LogP contribution in [0.5, 0.6) is 0 Å². The molecule has 2 rings (SSSR count). The molecule has 1 aliphatic rings. The summed E-state index contributed by atoms with van der Waals surface area (Å²) in [7, 11) is 0. The van der Waals surface area contributed by atoms with Crippen LogP contribution in [0.1, 0.15) is 57.8 Å². The SMILES string of the molecule is CCC(C)CN1C(=O)C(C)(CC)NC1c1cccc(C)c1. The molecule has 3 atom stereocenters. The number of nitrogens with zero attached hydrogens (tertiary/aromatic N) is 1. The molecule has 0 aromatic heterocycles. The van der Waals surface area contributed by atoms with Crippen molar-refractivity contribution in [1.29, 1.82) is 0 Å². The molecule has 1 fully saturated rings. The highest BCUT2D eigenvalue weighted by atomic mass is 16.2. The average Bonchev–Trinajstić information content (AvgIpc) is 2.73. The van der Waals surface area contributed by atoms with Crippen molar-refractivity contribution in [1.82, 2.24) is 10.2 Å². The van der Waals surface area contributed by atoms with Crippen molar-refractivity contribution in [3.63, 3.8) is 0 Å².